The van der Waals surface area contributed by atoms with E-state index in [1.807, 2.05) is 36.4 Å². The molecule has 4 heteroatoms. The molecule has 3 rings (SSSR count). The summed E-state index contributed by atoms with van der Waals surface area (Å²) in [7, 11) is 0. The largest absolute Gasteiger partial charge is 0.310 e. The molecule has 0 spiro atoms. The van der Waals surface area contributed by atoms with Gasteiger partial charge < -0.3 is 5.32 Å². The number of aromatic nitrogens is 2. The first-order valence-electron chi connectivity index (χ1n) is 5.42. The van der Waals surface area contributed by atoms with Gasteiger partial charge in [-0.2, -0.15) is 5.10 Å². The second-order valence-corrected chi connectivity index (χ2v) is 3.93. The zero-order valence-electron chi connectivity index (χ0n) is 9.05. The van der Waals surface area contributed by atoms with Gasteiger partial charge in [0, 0.05) is 6.07 Å². The van der Waals surface area contributed by atoms with Crippen LogP contribution < -0.4 is 5.32 Å². The Bertz CT molecular complexity index is 572. The molecule has 2 N–H and O–H groups in total. The average molecular weight is 225 g/mol. The maximum atomic E-state index is 12.1. The predicted octanol–water partition coefficient (Wildman–Crippen LogP) is 2.16. The van der Waals surface area contributed by atoms with E-state index in [2.05, 4.69) is 15.5 Å². The number of rotatable bonds is 2. The summed E-state index contributed by atoms with van der Waals surface area (Å²) < 4.78 is 0. The Morgan fingerprint density at radius 3 is 3.00 bits per heavy atom. The third kappa shape index (κ3) is 1.73. The van der Waals surface area contributed by atoms with Gasteiger partial charge in [-0.25, -0.2) is 0 Å². The predicted molar refractivity (Wildman–Crippen MR) is 65.4 cm³/mol. The van der Waals surface area contributed by atoms with Crippen LogP contribution in [0, 0.1) is 0 Å². The highest BCUT2D eigenvalue weighted by Gasteiger charge is 2.23. The summed E-state index contributed by atoms with van der Waals surface area (Å²) in [5.74, 6) is 0.359. The molecule has 1 aliphatic carbocycles. The fourth-order valence-corrected chi connectivity index (χ4v) is 2.01. The van der Waals surface area contributed by atoms with Crippen molar-refractivity contribution in [3.63, 3.8) is 0 Å². The van der Waals surface area contributed by atoms with E-state index in [-0.39, 0.29) is 11.8 Å². The van der Waals surface area contributed by atoms with E-state index in [4.69, 9.17) is 0 Å². The van der Waals surface area contributed by atoms with E-state index in [0.717, 1.165) is 11.1 Å². The minimum atomic E-state index is -0.213. The number of nitrogens with one attached hydrogen (secondary N) is 2. The Morgan fingerprint density at radius 2 is 2.18 bits per heavy atom. The second kappa shape index (κ2) is 3.90. The average Bonchev–Trinajstić information content (AvgIpc) is 2.96. The number of hydrogen-bond donors (Lipinski definition) is 2. The molecule has 0 bridgehead atoms. The van der Waals surface area contributed by atoms with Gasteiger partial charge >= 0.3 is 0 Å². The normalized spacial score (nSPS) is 16.8. The van der Waals surface area contributed by atoms with Crippen molar-refractivity contribution in [2.45, 2.75) is 5.92 Å². The van der Waals surface area contributed by atoms with Crippen molar-refractivity contribution in [1.82, 2.24) is 10.2 Å². The van der Waals surface area contributed by atoms with Crippen LogP contribution in [0.15, 0.2) is 42.6 Å². The first-order chi connectivity index (χ1) is 8.34. The van der Waals surface area contributed by atoms with Gasteiger partial charge in [0.25, 0.3) is 0 Å². The minimum Gasteiger partial charge on any atom is -0.310 e. The van der Waals surface area contributed by atoms with Gasteiger partial charge in [0.2, 0.25) is 5.91 Å². The number of amides is 1. The molecule has 2 aromatic rings. The third-order valence-corrected chi connectivity index (χ3v) is 2.84. The fraction of sp³-hybridized carbons (Fsp3) is 0.0769. The van der Waals surface area contributed by atoms with Crippen LogP contribution in [0.25, 0.3) is 6.08 Å². The van der Waals surface area contributed by atoms with Crippen molar-refractivity contribution in [3.8, 4) is 0 Å². The van der Waals surface area contributed by atoms with Crippen LogP contribution in [-0.2, 0) is 4.79 Å². The van der Waals surface area contributed by atoms with E-state index >= 15 is 0 Å². The SMILES string of the molecule is O=C(Nc1ccn[nH]1)C1C=Cc2ccccc21. The van der Waals surface area contributed by atoms with Crippen LogP contribution in [0.1, 0.15) is 17.0 Å². The zero-order chi connectivity index (χ0) is 11.7. The van der Waals surface area contributed by atoms with Gasteiger partial charge in [0.05, 0.1) is 12.1 Å². The lowest BCUT2D eigenvalue weighted by Crippen LogP contribution is -2.18. The summed E-state index contributed by atoms with van der Waals surface area (Å²) >= 11 is 0. The molecule has 1 unspecified atom stereocenters. The van der Waals surface area contributed by atoms with Crippen LogP contribution >= 0.6 is 0 Å². The van der Waals surface area contributed by atoms with Crippen molar-refractivity contribution in [2.75, 3.05) is 5.32 Å². The van der Waals surface area contributed by atoms with Crippen LogP contribution in [-0.4, -0.2) is 16.1 Å². The molecule has 84 valence electrons. The number of anilines is 1. The number of fused-ring (bicyclic) bond motifs is 1. The van der Waals surface area contributed by atoms with E-state index < -0.39 is 0 Å². The van der Waals surface area contributed by atoms with Crippen molar-refractivity contribution < 1.29 is 4.79 Å². The lowest BCUT2D eigenvalue weighted by Gasteiger charge is -2.10. The standard InChI is InChI=1S/C13H11N3O/c17-13(15-12-7-8-14-16-12)11-6-5-9-3-1-2-4-10(9)11/h1-8,11H,(H2,14,15,16,17). The zero-order valence-corrected chi connectivity index (χ0v) is 9.05. The van der Waals surface area contributed by atoms with Crippen molar-refractivity contribution in [3.05, 3.63) is 53.7 Å². The smallest absolute Gasteiger partial charge is 0.236 e. The molecule has 4 nitrogen and oxygen atoms in total. The Hall–Kier alpha value is -2.36. The van der Waals surface area contributed by atoms with Crippen LogP contribution in [0.4, 0.5) is 5.82 Å². The summed E-state index contributed by atoms with van der Waals surface area (Å²) in [5, 5.41) is 9.29. The molecule has 0 aliphatic heterocycles. The summed E-state index contributed by atoms with van der Waals surface area (Å²) in [6.07, 6.45) is 5.50. The number of carbonyl (C=O) groups is 1. The molecule has 1 aliphatic rings. The molecule has 1 aromatic carbocycles. The Morgan fingerprint density at radius 1 is 1.29 bits per heavy atom. The number of aromatic amines is 1. The van der Waals surface area contributed by atoms with Gasteiger partial charge in [-0.1, -0.05) is 36.4 Å². The lowest BCUT2D eigenvalue weighted by atomic mass is 10.0. The van der Waals surface area contributed by atoms with Gasteiger partial charge in [-0.3, -0.25) is 9.89 Å². The Balaban J connectivity index is 1.83. The molecular formula is C13H11N3O. The monoisotopic (exact) mass is 225 g/mol. The fourth-order valence-electron chi connectivity index (χ4n) is 2.01. The first kappa shape index (κ1) is 9.84. The molecule has 0 saturated carbocycles. The van der Waals surface area contributed by atoms with Crippen LogP contribution in [0.3, 0.4) is 0 Å². The van der Waals surface area contributed by atoms with Gasteiger partial charge in [-0.15, -0.1) is 0 Å². The van der Waals surface area contributed by atoms with E-state index in [0.29, 0.717) is 5.82 Å². The van der Waals surface area contributed by atoms with Gasteiger partial charge in [0.15, 0.2) is 0 Å². The highest BCUT2D eigenvalue weighted by molar-refractivity contribution is 5.99. The number of benzene rings is 1. The first-order valence-corrected chi connectivity index (χ1v) is 5.42. The molecule has 1 atom stereocenters. The number of carbonyl (C=O) groups excluding carboxylic acids is 1. The van der Waals surface area contributed by atoms with Gasteiger partial charge in [0.1, 0.15) is 5.82 Å². The topological polar surface area (TPSA) is 57.8 Å². The van der Waals surface area contributed by atoms with E-state index in [9.17, 15) is 4.79 Å². The number of hydrogen-bond acceptors (Lipinski definition) is 2. The summed E-state index contributed by atoms with van der Waals surface area (Å²) in [6, 6.07) is 9.63. The second-order valence-electron chi connectivity index (χ2n) is 3.93. The minimum absolute atomic E-state index is 0.0459. The number of H-pyrrole nitrogens is 1. The maximum Gasteiger partial charge on any atom is 0.236 e. The molecule has 1 aromatic heterocycles. The molecule has 0 saturated heterocycles. The highest BCUT2D eigenvalue weighted by Crippen LogP contribution is 2.30. The summed E-state index contributed by atoms with van der Waals surface area (Å²) in [4.78, 5) is 12.1. The van der Waals surface area contributed by atoms with Crippen molar-refractivity contribution in [2.24, 2.45) is 0 Å². The lowest BCUT2D eigenvalue weighted by molar-refractivity contribution is -0.116. The van der Waals surface area contributed by atoms with Crippen LogP contribution in [0.2, 0.25) is 0 Å². The molecule has 17 heavy (non-hydrogen) atoms. The quantitative estimate of drug-likeness (QED) is 0.822. The molecule has 1 heterocycles. The maximum absolute atomic E-state index is 12.1. The summed E-state index contributed by atoms with van der Waals surface area (Å²) in [5.41, 5.74) is 2.15. The Kier molecular flexibility index (Phi) is 2.26. The molecule has 0 fully saturated rings. The van der Waals surface area contributed by atoms with Crippen molar-refractivity contribution >= 4 is 17.8 Å². The Labute approximate surface area is 98.4 Å². The summed E-state index contributed by atoms with van der Waals surface area (Å²) in [6.45, 7) is 0. The van der Waals surface area contributed by atoms with Crippen molar-refractivity contribution in [1.29, 1.82) is 0 Å². The van der Waals surface area contributed by atoms with Gasteiger partial charge in [-0.05, 0) is 11.1 Å². The molecular weight excluding hydrogens is 214 g/mol. The van der Waals surface area contributed by atoms with Crippen LogP contribution in [0.5, 0.6) is 0 Å². The highest BCUT2D eigenvalue weighted by atomic mass is 16.1. The molecule has 0 radical (unpaired) electrons. The molecule has 1 amide bonds. The van der Waals surface area contributed by atoms with E-state index in [1.54, 1.807) is 12.3 Å². The number of nitrogens with zero attached hydrogens (tertiary/aromatic N) is 1. The van der Waals surface area contributed by atoms with E-state index in [1.165, 1.54) is 0 Å². The third-order valence-electron chi connectivity index (χ3n) is 2.84.